The smallest absolute Gasteiger partial charge is 0.497 e. The lowest BCUT2D eigenvalue weighted by Crippen LogP contribution is -2.18. The van der Waals surface area contributed by atoms with Gasteiger partial charge in [0.05, 0.1) is 16.9 Å². The number of ether oxygens (including phenoxy) is 2. The third-order valence-electron chi connectivity index (χ3n) is 3.01. The number of hydrogen-bond donors (Lipinski definition) is 1. The largest absolute Gasteiger partial charge is 0.573 e. The van der Waals surface area contributed by atoms with Crippen molar-refractivity contribution in [2.75, 3.05) is 11.8 Å². The number of sulfonamides is 1. The summed E-state index contributed by atoms with van der Waals surface area (Å²) >= 11 is 0. The summed E-state index contributed by atoms with van der Waals surface area (Å²) in [5.74, 6) is -0.650. The third kappa shape index (κ3) is 4.75. The van der Waals surface area contributed by atoms with Crippen molar-refractivity contribution in [2.24, 2.45) is 0 Å². The Balaban J connectivity index is 2.36. The van der Waals surface area contributed by atoms with E-state index in [9.17, 15) is 31.7 Å². The fourth-order valence-electron chi connectivity index (χ4n) is 1.89. The van der Waals surface area contributed by atoms with Crippen molar-refractivity contribution in [2.45, 2.75) is 11.3 Å². The number of methoxy groups -OCH3 is 1. The molecule has 0 spiro atoms. The summed E-state index contributed by atoms with van der Waals surface area (Å²) in [5, 5.41) is 10.9. The summed E-state index contributed by atoms with van der Waals surface area (Å²) < 4.78 is 72.1. The normalized spacial score (nSPS) is 11.7. The first-order valence-corrected chi connectivity index (χ1v) is 8.21. The highest BCUT2D eigenvalue weighted by molar-refractivity contribution is 7.92. The molecule has 0 aromatic heterocycles. The van der Waals surface area contributed by atoms with E-state index in [-0.39, 0.29) is 5.69 Å². The van der Waals surface area contributed by atoms with Crippen LogP contribution in [0.5, 0.6) is 11.5 Å². The number of nitro groups is 1. The Bertz CT molecular complexity index is 913. The zero-order chi connectivity index (χ0) is 19.5. The van der Waals surface area contributed by atoms with Gasteiger partial charge in [-0.3, -0.25) is 14.8 Å². The number of nitrogens with zero attached hydrogens (tertiary/aromatic N) is 1. The number of halogens is 3. The van der Waals surface area contributed by atoms with Crippen molar-refractivity contribution in [3.05, 3.63) is 52.6 Å². The van der Waals surface area contributed by atoms with Gasteiger partial charge in [0.25, 0.3) is 10.0 Å². The molecular formula is C14H11F3N2O6S. The lowest BCUT2D eigenvalue weighted by molar-refractivity contribution is -0.388. The zero-order valence-electron chi connectivity index (χ0n) is 13.0. The second-order valence-corrected chi connectivity index (χ2v) is 6.45. The molecule has 0 amide bonds. The molecule has 2 aromatic rings. The highest BCUT2D eigenvalue weighted by Crippen LogP contribution is 2.34. The van der Waals surface area contributed by atoms with Gasteiger partial charge in [-0.25, -0.2) is 8.42 Å². The first-order chi connectivity index (χ1) is 12.0. The second-order valence-electron chi connectivity index (χ2n) is 4.77. The van der Waals surface area contributed by atoms with E-state index in [0.29, 0.717) is 17.9 Å². The molecule has 0 saturated carbocycles. The minimum absolute atomic E-state index is 0.129. The summed E-state index contributed by atoms with van der Waals surface area (Å²) in [4.78, 5) is 9.17. The van der Waals surface area contributed by atoms with E-state index in [1.807, 2.05) is 0 Å². The van der Waals surface area contributed by atoms with E-state index in [4.69, 9.17) is 4.74 Å². The van der Waals surface area contributed by atoms with Gasteiger partial charge in [0.2, 0.25) is 5.75 Å². The van der Waals surface area contributed by atoms with Gasteiger partial charge in [0.15, 0.2) is 0 Å². The van der Waals surface area contributed by atoms with E-state index in [0.717, 1.165) is 6.07 Å². The van der Waals surface area contributed by atoms with Crippen LogP contribution in [0.2, 0.25) is 0 Å². The average molecular weight is 392 g/mol. The number of nitro benzene ring substituents is 1. The van der Waals surface area contributed by atoms with Crippen LogP contribution in [0.25, 0.3) is 0 Å². The molecule has 140 valence electrons. The van der Waals surface area contributed by atoms with Crippen LogP contribution in [0.4, 0.5) is 24.5 Å². The van der Waals surface area contributed by atoms with Crippen LogP contribution in [0.15, 0.2) is 47.4 Å². The fourth-order valence-corrected chi connectivity index (χ4v) is 2.97. The molecule has 0 fully saturated rings. The van der Waals surface area contributed by atoms with Crippen molar-refractivity contribution < 1.29 is 36.0 Å². The maximum atomic E-state index is 12.3. The second kappa shape index (κ2) is 7.07. The lowest BCUT2D eigenvalue weighted by Gasteiger charge is -2.11. The van der Waals surface area contributed by atoms with Gasteiger partial charge in [-0.05, 0) is 36.4 Å². The van der Waals surface area contributed by atoms with Gasteiger partial charge >= 0.3 is 12.0 Å². The van der Waals surface area contributed by atoms with Crippen molar-refractivity contribution in [1.82, 2.24) is 0 Å². The summed E-state index contributed by atoms with van der Waals surface area (Å²) in [7, 11) is -2.86. The molecule has 0 radical (unpaired) electrons. The number of benzene rings is 2. The SMILES string of the molecule is COc1ccc(NS(=O)(=O)c2ccc(OC(F)(F)F)c([N+](=O)[O-])c2)cc1. The molecular weight excluding hydrogens is 381 g/mol. The standard InChI is InChI=1S/C14H11F3N2O6S/c1-24-10-4-2-9(3-5-10)18-26(22,23)11-6-7-13(25-14(15,16)17)12(8-11)19(20)21/h2-8,18H,1H3. The molecule has 0 atom stereocenters. The Morgan fingerprint density at radius 2 is 1.73 bits per heavy atom. The van der Waals surface area contributed by atoms with Crippen LogP contribution in [-0.4, -0.2) is 26.8 Å². The maximum absolute atomic E-state index is 12.3. The molecule has 12 heteroatoms. The summed E-state index contributed by atoms with van der Waals surface area (Å²) in [5.41, 5.74) is -1.01. The Morgan fingerprint density at radius 3 is 2.23 bits per heavy atom. The van der Waals surface area contributed by atoms with E-state index in [1.54, 1.807) is 0 Å². The van der Waals surface area contributed by atoms with E-state index < -0.39 is 37.6 Å². The van der Waals surface area contributed by atoms with Crippen molar-refractivity contribution in [3.8, 4) is 11.5 Å². The van der Waals surface area contributed by atoms with Gasteiger partial charge in [-0.2, -0.15) is 0 Å². The molecule has 0 aliphatic carbocycles. The van der Waals surface area contributed by atoms with Crippen LogP contribution in [0.1, 0.15) is 0 Å². The van der Waals surface area contributed by atoms with Crippen LogP contribution < -0.4 is 14.2 Å². The van der Waals surface area contributed by atoms with Crippen LogP contribution in [0.3, 0.4) is 0 Å². The van der Waals surface area contributed by atoms with Gasteiger partial charge in [-0.1, -0.05) is 0 Å². The average Bonchev–Trinajstić information content (AvgIpc) is 2.53. The minimum atomic E-state index is -5.16. The molecule has 2 rings (SSSR count). The van der Waals surface area contributed by atoms with E-state index in [1.165, 1.54) is 31.4 Å². The first kappa shape index (κ1) is 19.3. The molecule has 26 heavy (non-hydrogen) atoms. The molecule has 1 N–H and O–H groups in total. The van der Waals surface area contributed by atoms with Crippen molar-refractivity contribution in [1.29, 1.82) is 0 Å². The summed E-state index contributed by atoms with van der Waals surface area (Å²) in [6.45, 7) is 0. The van der Waals surface area contributed by atoms with Gasteiger partial charge < -0.3 is 9.47 Å². The summed E-state index contributed by atoms with van der Waals surface area (Å²) in [6.07, 6.45) is -5.16. The predicted molar refractivity (Wildman–Crippen MR) is 83.6 cm³/mol. The Kier molecular flexibility index (Phi) is 5.25. The molecule has 0 unspecified atom stereocenters. The van der Waals surface area contributed by atoms with Gasteiger partial charge in [-0.15, -0.1) is 13.2 Å². The molecule has 0 aliphatic rings. The van der Waals surface area contributed by atoms with Crippen molar-refractivity contribution >= 4 is 21.4 Å². The lowest BCUT2D eigenvalue weighted by atomic mass is 10.3. The first-order valence-electron chi connectivity index (χ1n) is 6.73. The number of nitrogens with one attached hydrogen (secondary N) is 1. The quantitative estimate of drug-likeness (QED) is 0.597. The predicted octanol–water partition coefficient (Wildman–Crippen LogP) is 3.30. The van der Waals surface area contributed by atoms with Crippen LogP contribution in [0, 0.1) is 10.1 Å². The topological polar surface area (TPSA) is 108 Å². The summed E-state index contributed by atoms with van der Waals surface area (Å²) in [6, 6.07) is 7.51. The number of alkyl halides is 3. The molecule has 0 aliphatic heterocycles. The monoisotopic (exact) mass is 392 g/mol. The molecule has 8 nitrogen and oxygen atoms in total. The van der Waals surface area contributed by atoms with Crippen LogP contribution >= 0.6 is 0 Å². The highest BCUT2D eigenvalue weighted by Gasteiger charge is 2.35. The fraction of sp³-hybridized carbons (Fsp3) is 0.143. The third-order valence-corrected chi connectivity index (χ3v) is 4.38. The number of hydrogen-bond acceptors (Lipinski definition) is 6. The number of rotatable bonds is 6. The molecule has 2 aromatic carbocycles. The number of anilines is 1. The Morgan fingerprint density at radius 1 is 1.12 bits per heavy atom. The highest BCUT2D eigenvalue weighted by atomic mass is 32.2. The van der Waals surface area contributed by atoms with Crippen LogP contribution in [-0.2, 0) is 10.0 Å². The van der Waals surface area contributed by atoms with E-state index >= 15 is 0 Å². The molecule has 0 bridgehead atoms. The molecule has 0 heterocycles. The van der Waals surface area contributed by atoms with Crippen molar-refractivity contribution in [3.63, 3.8) is 0 Å². The Hall–Kier alpha value is -3.02. The molecule has 0 saturated heterocycles. The van der Waals surface area contributed by atoms with Gasteiger partial charge in [0.1, 0.15) is 5.75 Å². The van der Waals surface area contributed by atoms with E-state index in [2.05, 4.69) is 9.46 Å². The minimum Gasteiger partial charge on any atom is -0.497 e. The van der Waals surface area contributed by atoms with Gasteiger partial charge in [0, 0.05) is 11.8 Å². The zero-order valence-corrected chi connectivity index (χ0v) is 13.8. The Labute approximate surface area is 145 Å². The maximum Gasteiger partial charge on any atom is 0.573 e.